The zero-order valence-electron chi connectivity index (χ0n) is 17.2. The third kappa shape index (κ3) is 6.57. The number of pyridine rings is 1. The molecule has 0 saturated carbocycles. The second-order valence-electron chi connectivity index (χ2n) is 6.90. The molecule has 1 aliphatic rings. The molecule has 172 valence electrons. The maximum atomic E-state index is 12.8. The van der Waals surface area contributed by atoms with Crippen LogP contribution in [0.5, 0.6) is 0 Å². The predicted molar refractivity (Wildman–Crippen MR) is 124 cm³/mol. The van der Waals surface area contributed by atoms with E-state index in [0.29, 0.717) is 38.0 Å². The number of nitrogens with one attached hydrogen (secondary N) is 2. The second-order valence-corrected chi connectivity index (χ2v) is 7.30. The minimum Gasteiger partial charge on any atom is -0.355 e. The molecule has 13 heteroatoms. The highest BCUT2D eigenvalue weighted by Crippen LogP contribution is 2.34. The van der Waals surface area contributed by atoms with Crippen molar-refractivity contribution in [3.8, 4) is 0 Å². The number of halogens is 5. The van der Waals surface area contributed by atoms with Gasteiger partial charge in [0, 0.05) is 51.9 Å². The Morgan fingerprint density at radius 2 is 2.16 bits per heavy atom. The number of anilines is 1. The first-order valence-electron chi connectivity index (χ1n) is 9.63. The highest BCUT2D eigenvalue weighted by Gasteiger charge is 2.33. The van der Waals surface area contributed by atoms with Crippen LogP contribution in [0.2, 0.25) is 5.02 Å². The van der Waals surface area contributed by atoms with Gasteiger partial charge in [-0.2, -0.15) is 13.2 Å². The van der Waals surface area contributed by atoms with Crippen LogP contribution >= 0.6 is 35.6 Å². The normalized spacial score (nSPS) is 16.9. The Kier molecular flexibility index (Phi) is 9.15. The number of aromatic nitrogens is 4. The van der Waals surface area contributed by atoms with Gasteiger partial charge in [0.25, 0.3) is 0 Å². The number of hydrogen-bond donors (Lipinski definition) is 2. The summed E-state index contributed by atoms with van der Waals surface area (Å²) in [7, 11) is 1.69. The maximum absolute atomic E-state index is 12.8. The Labute approximate surface area is 200 Å². The fourth-order valence-electron chi connectivity index (χ4n) is 3.31. The van der Waals surface area contributed by atoms with E-state index < -0.39 is 11.7 Å². The van der Waals surface area contributed by atoms with Gasteiger partial charge < -0.3 is 20.1 Å². The van der Waals surface area contributed by atoms with Crippen LogP contribution in [0.15, 0.2) is 23.6 Å². The van der Waals surface area contributed by atoms with Crippen LogP contribution in [0, 0.1) is 0 Å². The summed E-state index contributed by atoms with van der Waals surface area (Å²) in [5.74, 6) is 1.93. The molecule has 3 heterocycles. The van der Waals surface area contributed by atoms with Crippen LogP contribution < -0.4 is 15.5 Å². The van der Waals surface area contributed by atoms with Crippen molar-refractivity contribution in [2.75, 3.05) is 31.6 Å². The Morgan fingerprint density at radius 3 is 2.81 bits per heavy atom. The van der Waals surface area contributed by atoms with Gasteiger partial charge in [0.1, 0.15) is 18.0 Å². The standard InChI is InChI=1S/C18H24ClF3N8.HI/c1-3-15-28-26-11-30(15)7-5-24-17(23-2)27-13-4-6-29(10-13)16-14(19)8-12(9-25-16)18(20,21)22;/h8-9,11,13H,3-7,10H2,1-2H3,(H2,23,24,27);1H. The van der Waals surface area contributed by atoms with Gasteiger partial charge in [0.05, 0.1) is 10.6 Å². The molecular weight excluding hydrogens is 548 g/mol. The highest BCUT2D eigenvalue weighted by atomic mass is 127. The number of aliphatic imine (C=N–C) groups is 1. The van der Waals surface area contributed by atoms with Gasteiger partial charge in [-0.3, -0.25) is 4.99 Å². The second kappa shape index (κ2) is 11.2. The molecule has 2 aromatic heterocycles. The van der Waals surface area contributed by atoms with Gasteiger partial charge in [-0.15, -0.1) is 34.2 Å². The monoisotopic (exact) mass is 572 g/mol. The SMILES string of the molecule is CCc1nncn1CCNC(=NC)NC1CCN(c2ncc(C(F)(F)F)cc2Cl)C1.I. The molecule has 1 saturated heterocycles. The third-order valence-corrected chi connectivity index (χ3v) is 5.14. The first-order chi connectivity index (χ1) is 14.3. The van der Waals surface area contributed by atoms with Gasteiger partial charge in [-0.1, -0.05) is 18.5 Å². The molecule has 1 unspecified atom stereocenters. The molecule has 31 heavy (non-hydrogen) atoms. The molecule has 1 atom stereocenters. The molecule has 0 amide bonds. The largest absolute Gasteiger partial charge is 0.417 e. The quantitative estimate of drug-likeness (QED) is 0.315. The molecule has 1 aliphatic heterocycles. The van der Waals surface area contributed by atoms with Crippen molar-refractivity contribution in [3.63, 3.8) is 0 Å². The topological polar surface area (TPSA) is 83.3 Å². The Hall–Kier alpha value is -1.83. The van der Waals surface area contributed by atoms with E-state index in [-0.39, 0.29) is 35.0 Å². The molecule has 0 aliphatic carbocycles. The van der Waals surface area contributed by atoms with Crippen LogP contribution in [-0.2, 0) is 19.1 Å². The number of guanidine groups is 1. The van der Waals surface area contributed by atoms with Crippen LogP contribution in [-0.4, -0.2) is 58.4 Å². The first-order valence-corrected chi connectivity index (χ1v) is 10.0. The molecule has 1 fully saturated rings. The number of hydrogen-bond acceptors (Lipinski definition) is 5. The summed E-state index contributed by atoms with van der Waals surface area (Å²) < 4.78 is 40.4. The fraction of sp³-hybridized carbons (Fsp3) is 0.556. The van der Waals surface area contributed by atoms with Gasteiger partial charge in [0.15, 0.2) is 5.96 Å². The van der Waals surface area contributed by atoms with Crippen molar-refractivity contribution >= 4 is 47.4 Å². The average molecular weight is 573 g/mol. The average Bonchev–Trinajstić information content (AvgIpc) is 3.35. The van der Waals surface area contributed by atoms with Crippen LogP contribution in [0.25, 0.3) is 0 Å². The summed E-state index contributed by atoms with van der Waals surface area (Å²) in [4.78, 5) is 10.0. The molecular formula is C18H25ClF3IN8. The van der Waals surface area contributed by atoms with Crippen molar-refractivity contribution in [2.45, 2.75) is 38.5 Å². The third-order valence-electron chi connectivity index (χ3n) is 4.86. The number of rotatable bonds is 6. The first kappa shape index (κ1) is 25.4. The Morgan fingerprint density at radius 1 is 1.39 bits per heavy atom. The van der Waals surface area contributed by atoms with E-state index in [9.17, 15) is 13.2 Å². The number of aryl methyl sites for hydroxylation is 1. The van der Waals surface area contributed by atoms with Crippen molar-refractivity contribution in [2.24, 2.45) is 4.99 Å². The summed E-state index contributed by atoms with van der Waals surface area (Å²) in [6.07, 6.45) is -0.353. The fourth-order valence-corrected chi connectivity index (χ4v) is 3.60. The van der Waals surface area contributed by atoms with E-state index in [1.807, 2.05) is 16.4 Å². The lowest BCUT2D eigenvalue weighted by atomic mass is 10.2. The molecule has 2 N–H and O–H groups in total. The maximum Gasteiger partial charge on any atom is 0.417 e. The summed E-state index contributed by atoms with van der Waals surface area (Å²) in [5.41, 5.74) is -0.853. The summed E-state index contributed by atoms with van der Waals surface area (Å²) in [6.45, 7) is 4.57. The number of alkyl halides is 3. The molecule has 3 rings (SSSR count). The van der Waals surface area contributed by atoms with E-state index in [2.05, 4.69) is 30.8 Å². The lowest BCUT2D eigenvalue weighted by molar-refractivity contribution is -0.137. The zero-order chi connectivity index (χ0) is 21.7. The smallest absolute Gasteiger partial charge is 0.355 e. The molecule has 0 aromatic carbocycles. The number of nitrogens with zero attached hydrogens (tertiary/aromatic N) is 6. The predicted octanol–water partition coefficient (Wildman–Crippen LogP) is 2.97. The van der Waals surface area contributed by atoms with E-state index in [1.165, 1.54) is 0 Å². The van der Waals surface area contributed by atoms with Crippen molar-refractivity contribution in [3.05, 3.63) is 35.0 Å². The van der Waals surface area contributed by atoms with Crippen molar-refractivity contribution < 1.29 is 13.2 Å². The summed E-state index contributed by atoms with van der Waals surface area (Å²) in [6, 6.07) is 0.984. The van der Waals surface area contributed by atoms with Crippen LogP contribution in [0.4, 0.5) is 19.0 Å². The molecule has 0 radical (unpaired) electrons. The van der Waals surface area contributed by atoms with Gasteiger partial charge >= 0.3 is 6.18 Å². The zero-order valence-corrected chi connectivity index (χ0v) is 20.2. The van der Waals surface area contributed by atoms with Gasteiger partial charge in [-0.05, 0) is 12.5 Å². The Balaban J connectivity index is 0.00000341. The van der Waals surface area contributed by atoms with E-state index in [1.54, 1.807) is 13.4 Å². The minimum atomic E-state index is -4.47. The van der Waals surface area contributed by atoms with E-state index >= 15 is 0 Å². The van der Waals surface area contributed by atoms with Crippen LogP contribution in [0.3, 0.4) is 0 Å². The molecule has 0 bridgehead atoms. The van der Waals surface area contributed by atoms with E-state index in [4.69, 9.17) is 11.6 Å². The highest BCUT2D eigenvalue weighted by molar-refractivity contribution is 14.0. The van der Waals surface area contributed by atoms with Gasteiger partial charge in [0.2, 0.25) is 0 Å². The molecule has 8 nitrogen and oxygen atoms in total. The Bertz CT molecular complexity index is 889. The summed E-state index contributed by atoms with van der Waals surface area (Å²) in [5, 5.41) is 14.5. The minimum absolute atomic E-state index is 0. The van der Waals surface area contributed by atoms with E-state index in [0.717, 1.165) is 30.9 Å². The molecule has 2 aromatic rings. The van der Waals surface area contributed by atoms with Crippen LogP contribution in [0.1, 0.15) is 24.7 Å². The van der Waals surface area contributed by atoms with Crippen molar-refractivity contribution in [1.29, 1.82) is 0 Å². The van der Waals surface area contributed by atoms with Crippen molar-refractivity contribution in [1.82, 2.24) is 30.4 Å². The lowest BCUT2D eigenvalue weighted by Gasteiger charge is -2.21. The van der Waals surface area contributed by atoms with Gasteiger partial charge in [-0.25, -0.2) is 4.98 Å². The summed E-state index contributed by atoms with van der Waals surface area (Å²) >= 11 is 6.07. The lowest BCUT2D eigenvalue weighted by Crippen LogP contribution is -2.45. The molecule has 0 spiro atoms.